The van der Waals surface area contributed by atoms with Crippen molar-refractivity contribution in [2.75, 3.05) is 0 Å². The minimum Gasteiger partial charge on any atom is -0.444 e. The largest absolute Gasteiger partial charge is 0.444 e. The second-order valence-electron chi connectivity index (χ2n) is 4.69. The van der Waals surface area contributed by atoms with Crippen molar-refractivity contribution in [3.05, 3.63) is 34.9 Å². The number of carbonyl (C=O) groups is 2. The Kier molecular flexibility index (Phi) is 4.80. The fraction of sp³-hybridized carbons (Fsp3) is 0.357. The number of nitrogens with zero attached hydrogens (tertiary/aromatic N) is 1. The fourth-order valence-corrected chi connectivity index (χ4v) is 2.21. The van der Waals surface area contributed by atoms with Crippen molar-refractivity contribution in [2.24, 2.45) is 0 Å². The Balaban J connectivity index is 1.99. The van der Waals surface area contributed by atoms with E-state index >= 15 is 0 Å². The molecule has 0 aliphatic carbocycles. The molecule has 2 rings (SSSR count). The number of rotatable bonds is 4. The van der Waals surface area contributed by atoms with Crippen LogP contribution in [-0.4, -0.2) is 28.9 Å². The zero-order valence-electron chi connectivity index (χ0n) is 11.6. The number of carbonyl (C=O) groups excluding carboxylic acids is 2. The maximum atomic E-state index is 12.1. The SMILES string of the molecule is CCC[C@H]1C(=O)NC(=N)N1C(=O)OCc1ccc(Cl)cc1. The van der Waals surface area contributed by atoms with Gasteiger partial charge in [-0.3, -0.25) is 15.5 Å². The molecule has 0 spiro atoms. The maximum absolute atomic E-state index is 12.1. The first-order chi connectivity index (χ1) is 10.0. The summed E-state index contributed by atoms with van der Waals surface area (Å²) in [5, 5.41) is 10.6. The maximum Gasteiger partial charge on any atom is 0.417 e. The van der Waals surface area contributed by atoms with E-state index in [1.165, 1.54) is 0 Å². The molecule has 0 unspecified atom stereocenters. The molecule has 0 radical (unpaired) electrons. The Morgan fingerprint density at radius 2 is 2.10 bits per heavy atom. The predicted octanol–water partition coefficient (Wildman–Crippen LogP) is 2.51. The van der Waals surface area contributed by atoms with Crippen molar-refractivity contribution in [1.29, 1.82) is 5.41 Å². The number of guanidine groups is 1. The van der Waals surface area contributed by atoms with E-state index in [0.29, 0.717) is 11.4 Å². The molecule has 2 N–H and O–H groups in total. The molecule has 21 heavy (non-hydrogen) atoms. The highest BCUT2D eigenvalue weighted by molar-refractivity contribution is 6.30. The van der Waals surface area contributed by atoms with Gasteiger partial charge in [-0.2, -0.15) is 0 Å². The predicted molar refractivity (Wildman–Crippen MR) is 78.0 cm³/mol. The number of nitrogens with one attached hydrogen (secondary N) is 2. The van der Waals surface area contributed by atoms with Gasteiger partial charge in [0.05, 0.1) is 0 Å². The van der Waals surface area contributed by atoms with Crippen LogP contribution in [0.5, 0.6) is 0 Å². The van der Waals surface area contributed by atoms with Crippen LogP contribution in [0, 0.1) is 5.41 Å². The standard InChI is InChI=1S/C14H16ClN3O3/c1-2-3-11-12(19)17-13(16)18(11)14(20)21-8-9-4-6-10(15)7-5-9/h4-7,11H,2-3,8H2,1H3,(H2,16,17,19)/t11-/m0/s1. The molecule has 1 aromatic carbocycles. The topological polar surface area (TPSA) is 82.5 Å². The van der Waals surface area contributed by atoms with Gasteiger partial charge in [-0.15, -0.1) is 0 Å². The van der Waals surface area contributed by atoms with Crippen LogP contribution in [0.15, 0.2) is 24.3 Å². The van der Waals surface area contributed by atoms with Crippen molar-refractivity contribution < 1.29 is 14.3 Å². The van der Waals surface area contributed by atoms with Crippen molar-refractivity contribution in [1.82, 2.24) is 10.2 Å². The lowest BCUT2D eigenvalue weighted by atomic mass is 10.1. The van der Waals surface area contributed by atoms with E-state index in [-0.39, 0.29) is 18.5 Å². The van der Waals surface area contributed by atoms with Crippen LogP contribution in [0.1, 0.15) is 25.3 Å². The second kappa shape index (κ2) is 6.58. The van der Waals surface area contributed by atoms with Crippen LogP contribution in [0.25, 0.3) is 0 Å². The van der Waals surface area contributed by atoms with E-state index in [1.807, 2.05) is 6.92 Å². The normalized spacial score (nSPS) is 17.8. The molecular weight excluding hydrogens is 294 g/mol. The third-order valence-corrected chi connectivity index (χ3v) is 3.38. The summed E-state index contributed by atoms with van der Waals surface area (Å²) >= 11 is 5.78. The van der Waals surface area contributed by atoms with E-state index in [9.17, 15) is 9.59 Å². The minimum atomic E-state index is -0.702. The first-order valence-electron chi connectivity index (χ1n) is 6.62. The van der Waals surface area contributed by atoms with Gasteiger partial charge < -0.3 is 4.74 Å². The van der Waals surface area contributed by atoms with Crippen LogP contribution in [0.4, 0.5) is 4.79 Å². The van der Waals surface area contributed by atoms with Crippen molar-refractivity contribution in [2.45, 2.75) is 32.4 Å². The summed E-state index contributed by atoms with van der Waals surface area (Å²) in [7, 11) is 0. The molecule has 0 aromatic heterocycles. The van der Waals surface area contributed by atoms with Gasteiger partial charge in [0.2, 0.25) is 11.9 Å². The van der Waals surface area contributed by atoms with Crippen molar-refractivity contribution in [3.8, 4) is 0 Å². The molecule has 1 aliphatic heterocycles. The Morgan fingerprint density at radius 1 is 1.43 bits per heavy atom. The van der Waals surface area contributed by atoms with Crippen LogP contribution < -0.4 is 5.32 Å². The van der Waals surface area contributed by atoms with Gasteiger partial charge in [-0.05, 0) is 24.1 Å². The highest BCUT2D eigenvalue weighted by Crippen LogP contribution is 2.16. The van der Waals surface area contributed by atoms with E-state index in [4.69, 9.17) is 21.7 Å². The Morgan fingerprint density at radius 3 is 2.71 bits per heavy atom. The lowest BCUT2D eigenvalue weighted by Gasteiger charge is -2.20. The number of hydrogen-bond donors (Lipinski definition) is 2. The van der Waals surface area contributed by atoms with E-state index in [0.717, 1.165) is 16.9 Å². The van der Waals surface area contributed by atoms with Crippen molar-refractivity contribution >= 4 is 29.6 Å². The van der Waals surface area contributed by atoms with Crippen molar-refractivity contribution in [3.63, 3.8) is 0 Å². The van der Waals surface area contributed by atoms with Gasteiger partial charge in [0.15, 0.2) is 0 Å². The molecule has 0 saturated carbocycles. The average molecular weight is 310 g/mol. The summed E-state index contributed by atoms with van der Waals surface area (Å²) < 4.78 is 5.16. The molecule has 1 atom stereocenters. The van der Waals surface area contributed by atoms with Crippen LogP contribution in [0.2, 0.25) is 5.02 Å². The fourth-order valence-electron chi connectivity index (χ4n) is 2.08. The summed E-state index contributed by atoms with van der Waals surface area (Å²) in [5.41, 5.74) is 0.782. The Bertz CT molecular complexity index is 559. The average Bonchev–Trinajstić information content (AvgIpc) is 2.73. The van der Waals surface area contributed by atoms with Gasteiger partial charge in [-0.1, -0.05) is 37.1 Å². The zero-order valence-corrected chi connectivity index (χ0v) is 12.3. The molecule has 1 aromatic rings. The third kappa shape index (κ3) is 3.52. The second-order valence-corrected chi connectivity index (χ2v) is 5.13. The molecule has 7 heteroatoms. The number of ether oxygens (including phenoxy) is 1. The summed E-state index contributed by atoms with van der Waals surface area (Å²) in [4.78, 5) is 24.8. The van der Waals surface area contributed by atoms with Gasteiger partial charge in [-0.25, -0.2) is 9.69 Å². The Hall–Kier alpha value is -2.08. The molecule has 112 valence electrons. The summed E-state index contributed by atoms with van der Waals surface area (Å²) in [6, 6.07) is 6.23. The van der Waals surface area contributed by atoms with E-state index in [1.54, 1.807) is 24.3 Å². The number of amides is 2. The first-order valence-corrected chi connectivity index (χ1v) is 7.00. The smallest absolute Gasteiger partial charge is 0.417 e. The van der Waals surface area contributed by atoms with Crippen LogP contribution in [-0.2, 0) is 16.1 Å². The molecular formula is C14H16ClN3O3. The highest BCUT2D eigenvalue weighted by atomic mass is 35.5. The van der Waals surface area contributed by atoms with Crippen LogP contribution in [0.3, 0.4) is 0 Å². The number of halogens is 1. The molecule has 6 nitrogen and oxygen atoms in total. The molecule has 2 amide bonds. The first kappa shape index (κ1) is 15.3. The van der Waals surface area contributed by atoms with Gasteiger partial charge in [0, 0.05) is 5.02 Å². The summed E-state index contributed by atoms with van der Waals surface area (Å²) in [6.45, 7) is 1.97. The quantitative estimate of drug-likeness (QED) is 0.896. The van der Waals surface area contributed by atoms with Gasteiger partial charge in [0.25, 0.3) is 0 Å². The van der Waals surface area contributed by atoms with Crippen LogP contribution >= 0.6 is 11.6 Å². The minimum absolute atomic E-state index is 0.0623. The lowest BCUT2D eigenvalue weighted by molar-refractivity contribution is -0.121. The third-order valence-electron chi connectivity index (χ3n) is 3.13. The molecule has 1 saturated heterocycles. The van der Waals surface area contributed by atoms with E-state index in [2.05, 4.69) is 5.32 Å². The molecule has 1 heterocycles. The Labute approximate surface area is 127 Å². The molecule has 1 fully saturated rings. The number of hydrogen-bond acceptors (Lipinski definition) is 4. The van der Waals surface area contributed by atoms with E-state index < -0.39 is 12.1 Å². The number of benzene rings is 1. The lowest BCUT2D eigenvalue weighted by Crippen LogP contribution is -2.40. The molecule has 1 aliphatic rings. The summed E-state index contributed by atoms with van der Waals surface area (Å²) in [6.07, 6.45) is 0.517. The van der Waals surface area contributed by atoms with Gasteiger partial charge in [0.1, 0.15) is 12.6 Å². The monoisotopic (exact) mass is 309 g/mol. The highest BCUT2D eigenvalue weighted by Gasteiger charge is 2.40. The summed E-state index contributed by atoms with van der Waals surface area (Å²) in [5.74, 6) is -0.579. The molecule has 0 bridgehead atoms. The zero-order chi connectivity index (χ0) is 15.4. The van der Waals surface area contributed by atoms with Gasteiger partial charge >= 0.3 is 6.09 Å².